The molecular formula is C28H32ClN3O6S. The third-order valence-electron chi connectivity index (χ3n) is 6.54. The number of amides is 1. The molecule has 0 radical (unpaired) electrons. The molecule has 1 saturated heterocycles. The van der Waals surface area contributed by atoms with Crippen LogP contribution in [0.5, 0.6) is 17.2 Å². The summed E-state index contributed by atoms with van der Waals surface area (Å²) in [5.41, 5.74) is 2.19. The van der Waals surface area contributed by atoms with E-state index < -0.39 is 22.5 Å². The fraction of sp³-hybridized carbons (Fsp3) is 0.321. The van der Waals surface area contributed by atoms with Gasteiger partial charge in [0.1, 0.15) is 12.3 Å². The van der Waals surface area contributed by atoms with E-state index in [1.54, 1.807) is 12.1 Å². The maximum absolute atomic E-state index is 13.9. The van der Waals surface area contributed by atoms with Crippen LogP contribution in [0.25, 0.3) is 0 Å². The van der Waals surface area contributed by atoms with Crippen molar-refractivity contribution in [3.8, 4) is 17.2 Å². The number of carbonyl (C=O) groups excluding carboxylic acids is 1. The molecule has 1 fully saturated rings. The van der Waals surface area contributed by atoms with Crippen molar-refractivity contribution in [3.05, 3.63) is 71.2 Å². The van der Waals surface area contributed by atoms with E-state index in [9.17, 15) is 13.2 Å². The van der Waals surface area contributed by atoms with Gasteiger partial charge in [0, 0.05) is 36.4 Å². The summed E-state index contributed by atoms with van der Waals surface area (Å²) in [5.74, 6) is 0.355. The first-order valence-corrected chi connectivity index (χ1v) is 14.3. The quantitative estimate of drug-likeness (QED) is 0.361. The third-order valence-corrected chi connectivity index (χ3v) is 8.53. The summed E-state index contributed by atoms with van der Waals surface area (Å²) >= 11 is 6.22. The summed E-state index contributed by atoms with van der Waals surface area (Å²) in [6.45, 7) is 1.84. The van der Waals surface area contributed by atoms with E-state index in [0.29, 0.717) is 5.75 Å². The van der Waals surface area contributed by atoms with Gasteiger partial charge in [-0.05, 0) is 60.9 Å². The Kier molecular flexibility index (Phi) is 9.08. The number of nitrogens with zero attached hydrogens (tertiary/aromatic N) is 2. The van der Waals surface area contributed by atoms with Crippen LogP contribution in [-0.4, -0.2) is 55.3 Å². The second-order valence-corrected chi connectivity index (χ2v) is 11.3. The second kappa shape index (κ2) is 12.5. The summed E-state index contributed by atoms with van der Waals surface area (Å²) in [6.07, 6.45) is 2.38. The van der Waals surface area contributed by atoms with Crippen molar-refractivity contribution in [3.63, 3.8) is 0 Å². The maximum atomic E-state index is 13.9. The van der Waals surface area contributed by atoms with E-state index in [0.717, 1.165) is 28.6 Å². The van der Waals surface area contributed by atoms with Gasteiger partial charge in [0.25, 0.3) is 10.0 Å². The molecule has 3 aromatic rings. The van der Waals surface area contributed by atoms with Crippen LogP contribution in [0.3, 0.4) is 0 Å². The first-order chi connectivity index (χ1) is 18.8. The molecule has 0 unspecified atom stereocenters. The molecule has 208 valence electrons. The Hall–Kier alpha value is -3.63. The van der Waals surface area contributed by atoms with Gasteiger partial charge in [-0.25, -0.2) is 8.42 Å². The number of methoxy groups -OCH3 is 3. The van der Waals surface area contributed by atoms with Crippen LogP contribution in [0.1, 0.15) is 18.4 Å². The van der Waals surface area contributed by atoms with Crippen LogP contribution in [0.2, 0.25) is 5.02 Å². The molecule has 0 aromatic heterocycles. The summed E-state index contributed by atoms with van der Waals surface area (Å²) in [7, 11) is 0.0267. The van der Waals surface area contributed by atoms with Crippen molar-refractivity contribution < 1.29 is 27.4 Å². The molecule has 1 aliphatic heterocycles. The van der Waals surface area contributed by atoms with Gasteiger partial charge in [-0.15, -0.1) is 0 Å². The Labute approximate surface area is 234 Å². The van der Waals surface area contributed by atoms with Gasteiger partial charge in [0.15, 0.2) is 11.5 Å². The highest BCUT2D eigenvalue weighted by Crippen LogP contribution is 2.37. The SMILES string of the molecule is COc1ccc(S(=O)(=O)N(CC(=O)NCc2ccc(N3CCCC3)cc2)c2cc(Cl)ccc2OC)cc1OC. The number of sulfonamides is 1. The largest absolute Gasteiger partial charge is 0.495 e. The third kappa shape index (κ3) is 6.51. The number of carbonyl (C=O) groups is 1. The average molecular weight is 574 g/mol. The average Bonchev–Trinajstić information content (AvgIpc) is 3.49. The predicted octanol–water partition coefficient (Wildman–Crippen LogP) is 4.48. The second-order valence-electron chi connectivity index (χ2n) is 8.98. The Bertz CT molecular complexity index is 1410. The molecule has 0 spiro atoms. The number of hydrogen-bond donors (Lipinski definition) is 1. The highest BCUT2D eigenvalue weighted by molar-refractivity contribution is 7.92. The number of hydrogen-bond acceptors (Lipinski definition) is 7. The van der Waals surface area contributed by atoms with E-state index in [4.69, 9.17) is 25.8 Å². The van der Waals surface area contributed by atoms with Crippen LogP contribution in [0.15, 0.2) is 65.6 Å². The first-order valence-electron chi connectivity index (χ1n) is 12.5. The van der Waals surface area contributed by atoms with E-state index in [-0.39, 0.29) is 33.6 Å². The number of anilines is 2. The normalized spacial score (nSPS) is 13.2. The number of benzene rings is 3. The lowest BCUT2D eigenvalue weighted by molar-refractivity contribution is -0.119. The lowest BCUT2D eigenvalue weighted by atomic mass is 10.2. The molecule has 0 bridgehead atoms. The molecule has 1 heterocycles. The van der Waals surface area contributed by atoms with Gasteiger partial charge in [-0.1, -0.05) is 23.7 Å². The Morgan fingerprint density at radius 3 is 2.18 bits per heavy atom. The van der Waals surface area contributed by atoms with Gasteiger partial charge < -0.3 is 24.4 Å². The van der Waals surface area contributed by atoms with Crippen molar-refractivity contribution in [1.82, 2.24) is 5.32 Å². The monoisotopic (exact) mass is 573 g/mol. The molecule has 0 atom stereocenters. The molecule has 0 aliphatic carbocycles. The number of rotatable bonds is 11. The van der Waals surface area contributed by atoms with Gasteiger partial charge in [-0.3, -0.25) is 9.10 Å². The Morgan fingerprint density at radius 1 is 0.897 bits per heavy atom. The lowest BCUT2D eigenvalue weighted by Gasteiger charge is -2.26. The summed E-state index contributed by atoms with van der Waals surface area (Å²) in [5, 5.41) is 3.12. The molecule has 39 heavy (non-hydrogen) atoms. The molecule has 1 amide bonds. The zero-order valence-corrected chi connectivity index (χ0v) is 23.7. The van der Waals surface area contributed by atoms with Gasteiger partial charge >= 0.3 is 0 Å². The summed E-state index contributed by atoms with van der Waals surface area (Å²) in [6, 6.07) is 16.8. The van der Waals surface area contributed by atoms with Crippen LogP contribution in [0, 0.1) is 0 Å². The minimum atomic E-state index is -4.26. The molecule has 3 aromatic carbocycles. The summed E-state index contributed by atoms with van der Waals surface area (Å²) < 4.78 is 44.7. The van der Waals surface area contributed by atoms with E-state index in [2.05, 4.69) is 10.2 Å². The van der Waals surface area contributed by atoms with Crippen LogP contribution >= 0.6 is 11.6 Å². The van der Waals surface area contributed by atoms with E-state index in [1.165, 1.54) is 58.4 Å². The van der Waals surface area contributed by atoms with E-state index in [1.807, 2.05) is 24.3 Å². The Morgan fingerprint density at radius 2 is 1.54 bits per heavy atom. The topological polar surface area (TPSA) is 97.4 Å². The minimum absolute atomic E-state index is 0.0903. The zero-order valence-electron chi connectivity index (χ0n) is 22.1. The number of ether oxygens (including phenoxy) is 3. The van der Waals surface area contributed by atoms with Crippen LogP contribution in [0.4, 0.5) is 11.4 Å². The van der Waals surface area contributed by atoms with E-state index >= 15 is 0 Å². The Balaban J connectivity index is 1.59. The van der Waals surface area contributed by atoms with Crippen molar-refractivity contribution >= 4 is 38.9 Å². The molecule has 9 nitrogen and oxygen atoms in total. The molecule has 1 N–H and O–H groups in total. The molecule has 11 heteroatoms. The predicted molar refractivity (Wildman–Crippen MR) is 152 cm³/mol. The van der Waals surface area contributed by atoms with Crippen molar-refractivity contribution in [2.75, 3.05) is 50.2 Å². The van der Waals surface area contributed by atoms with Gasteiger partial charge in [0.05, 0.1) is 31.9 Å². The summed E-state index contributed by atoms with van der Waals surface area (Å²) in [4.78, 5) is 15.4. The highest BCUT2D eigenvalue weighted by atomic mass is 35.5. The molecule has 4 rings (SSSR count). The van der Waals surface area contributed by atoms with Crippen LogP contribution < -0.4 is 28.7 Å². The maximum Gasteiger partial charge on any atom is 0.265 e. The van der Waals surface area contributed by atoms with Gasteiger partial charge in [0.2, 0.25) is 5.91 Å². The van der Waals surface area contributed by atoms with Gasteiger partial charge in [-0.2, -0.15) is 0 Å². The fourth-order valence-corrected chi connectivity index (χ4v) is 6.05. The zero-order chi connectivity index (χ0) is 28.0. The molecular weight excluding hydrogens is 542 g/mol. The molecule has 0 saturated carbocycles. The molecule has 1 aliphatic rings. The number of nitrogens with one attached hydrogen (secondary N) is 1. The van der Waals surface area contributed by atoms with Crippen molar-refractivity contribution in [2.24, 2.45) is 0 Å². The van der Waals surface area contributed by atoms with Crippen molar-refractivity contribution in [2.45, 2.75) is 24.3 Å². The highest BCUT2D eigenvalue weighted by Gasteiger charge is 2.30. The minimum Gasteiger partial charge on any atom is -0.495 e. The first kappa shape index (κ1) is 28.4. The van der Waals surface area contributed by atoms with Crippen LogP contribution in [-0.2, 0) is 21.4 Å². The van der Waals surface area contributed by atoms with Crippen molar-refractivity contribution in [1.29, 1.82) is 0 Å². The fourth-order valence-electron chi connectivity index (χ4n) is 4.45. The standard InChI is InChI=1S/C28H32ClN3O6S/c1-36-25-12-8-21(29)16-24(25)32(39(34,35)23-11-13-26(37-2)27(17-23)38-3)19-28(33)30-18-20-6-9-22(10-7-20)31-14-4-5-15-31/h6-13,16-17H,4-5,14-15,18-19H2,1-3H3,(H,30,33). The number of halogens is 1. The lowest BCUT2D eigenvalue weighted by Crippen LogP contribution is -2.41. The smallest absolute Gasteiger partial charge is 0.265 e.